The number of rotatable bonds is 7. The van der Waals surface area contributed by atoms with Gasteiger partial charge in [-0.1, -0.05) is 25.5 Å². The highest BCUT2D eigenvalue weighted by Crippen LogP contribution is 2.15. The maximum atomic E-state index is 11.6. The Morgan fingerprint density at radius 1 is 1.28 bits per heavy atom. The molecule has 0 radical (unpaired) electrons. The van der Waals surface area contributed by atoms with Gasteiger partial charge in [0.15, 0.2) is 12.2 Å². The lowest BCUT2D eigenvalue weighted by molar-refractivity contribution is -0.143. The largest absolute Gasteiger partial charge is 0.452 e. The van der Waals surface area contributed by atoms with Gasteiger partial charge in [0.05, 0.1) is 0 Å². The first-order chi connectivity index (χ1) is 12.1. The molecule has 2 aromatic rings. The molecular weight excluding hydrogens is 326 g/mol. The van der Waals surface area contributed by atoms with Gasteiger partial charge in [0, 0.05) is 18.7 Å². The molecule has 1 aromatic carbocycles. The standard InChI is InChI=1S/C17H19N3O5/c1-2-3-10-18-17(23)20-14(21)11-24-16(22)9-8-15-19-12-6-4-5-7-13(12)25-15/h4-9H,2-3,10-11H2,1H3,(H2,18,20,21,23)/b9-8+. The molecule has 0 fully saturated rings. The van der Waals surface area contributed by atoms with Crippen LogP contribution in [0.15, 0.2) is 34.8 Å². The number of benzene rings is 1. The van der Waals surface area contributed by atoms with Crippen LogP contribution in [0, 0.1) is 0 Å². The fourth-order valence-electron chi connectivity index (χ4n) is 1.87. The van der Waals surface area contributed by atoms with Gasteiger partial charge >= 0.3 is 12.0 Å². The number of para-hydroxylation sites is 2. The summed E-state index contributed by atoms with van der Waals surface area (Å²) < 4.78 is 10.1. The van der Waals surface area contributed by atoms with Crippen LogP contribution >= 0.6 is 0 Å². The molecule has 2 rings (SSSR count). The van der Waals surface area contributed by atoms with Crippen LogP contribution in [0.2, 0.25) is 0 Å². The number of urea groups is 1. The Bertz CT molecular complexity index is 748. The van der Waals surface area contributed by atoms with Gasteiger partial charge in [0.1, 0.15) is 5.52 Å². The van der Waals surface area contributed by atoms with Crippen molar-refractivity contribution in [2.45, 2.75) is 19.8 Å². The molecule has 0 aliphatic carbocycles. The van der Waals surface area contributed by atoms with Crippen LogP contribution in [0.3, 0.4) is 0 Å². The fraction of sp³-hybridized carbons (Fsp3) is 0.294. The van der Waals surface area contributed by atoms with Crippen LogP contribution in [0.25, 0.3) is 17.2 Å². The molecule has 0 unspecified atom stereocenters. The summed E-state index contributed by atoms with van der Waals surface area (Å²) in [5, 5.41) is 4.58. The zero-order valence-electron chi connectivity index (χ0n) is 13.8. The normalized spacial score (nSPS) is 10.8. The molecule has 1 heterocycles. The Morgan fingerprint density at radius 2 is 2.08 bits per heavy atom. The highest BCUT2D eigenvalue weighted by molar-refractivity contribution is 5.96. The SMILES string of the molecule is CCCCNC(=O)NC(=O)COC(=O)/C=C/c1nc2ccccc2o1. The average molecular weight is 345 g/mol. The number of amides is 3. The number of hydrogen-bond donors (Lipinski definition) is 2. The molecule has 0 saturated heterocycles. The molecular formula is C17H19N3O5. The number of nitrogens with one attached hydrogen (secondary N) is 2. The Kier molecular flexibility index (Phi) is 6.70. The summed E-state index contributed by atoms with van der Waals surface area (Å²) >= 11 is 0. The van der Waals surface area contributed by atoms with Crippen LogP contribution in [0.4, 0.5) is 4.79 Å². The molecule has 8 nitrogen and oxygen atoms in total. The molecule has 0 bridgehead atoms. The quantitative estimate of drug-likeness (QED) is 0.451. The van der Waals surface area contributed by atoms with Crippen molar-refractivity contribution in [3.63, 3.8) is 0 Å². The number of imide groups is 1. The van der Waals surface area contributed by atoms with Crippen LogP contribution in [0.5, 0.6) is 0 Å². The monoisotopic (exact) mass is 345 g/mol. The van der Waals surface area contributed by atoms with Gasteiger partial charge in [-0.15, -0.1) is 0 Å². The molecule has 8 heteroatoms. The van der Waals surface area contributed by atoms with E-state index < -0.39 is 24.5 Å². The number of carbonyl (C=O) groups excluding carboxylic acids is 3. The van der Waals surface area contributed by atoms with Gasteiger partial charge in [-0.25, -0.2) is 14.6 Å². The molecule has 132 valence electrons. The van der Waals surface area contributed by atoms with Gasteiger partial charge in [-0.05, 0) is 18.6 Å². The fourth-order valence-corrected chi connectivity index (χ4v) is 1.87. The Balaban J connectivity index is 1.74. The van der Waals surface area contributed by atoms with Crippen molar-refractivity contribution in [2.24, 2.45) is 0 Å². The first-order valence-electron chi connectivity index (χ1n) is 7.86. The molecule has 0 aliphatic rings. The molecule has 0 aliphatic heterocycles. The summed E-state index contributed by atoms with van der Waals surface area (Å²) in [5.74, 6) is -1.21. The Labute approximate surface area is 144 Å². The number of carbonyl (C=O) groups is 3. The lowest BCUT2D eigenvalue weighted by Gasteiger charge is -2.05. The van der Waals surface area contributed by atoms with Crippen molar-refractivity contribution in [3.8, 4) is 0 Å². The second-order valence-corrected chi connectivity index (χ2v) is 5.12. The first-order valence-corrected chi connectivity index (χ1v) is 7.86. The number of nitrogens with zero attached hydrogens (tertiary/aromatic N) is 1. The van der Waals surface area contributed by atoms with Crippen molar-refractivity contribution in [1.29, 1.82) is 0 Å². The smallest absolute Gasteiger partial charge is 0.331 e. The van der Waals surface area contributed by atoms with E-state index in [1.807, 2.05) is 19.1 Å². The third kappa shape index (κ3) is 6.09. The summed E-state index contributed by atoms with van der Waals surface area (Å²) in [7, 11) is 0. The molecule has 3 amide bonds. The molecule has 1 aromatic heterocycles. The molecule has 0 spiro atoms. The van der Waals surface area contributed by atoms with E-state index in [-0.39, 0.29) is 5.89 Å². The zero-order chi connectivity index (χ0) is 18.1. The summed E-state index contributed by atoms with van der Waals surface area (Å²) in [4.78, 5) is 38.6. The van der Waals surface area contributed by atoms with E-state index in [0.29, 0.717) is 17.6 Å². The number of aromatic nitrogens is 1. The molecule has 2 N–H and O–H groups in total. The van der Waals surface area contributed by atoms with Gasteiger partial charge in [-0.3, -0.25) is 10.1 Å². The van der Waals surface area contributed by atoms with Gasteiger partial charge in [0.25, 0.3) is 5.91 Å². The Hall–Kier alpha value is -3.16. The second-order valence-electron chi connectivity index (χ2n) is 5.12. The maximum absolute atomic E-state index is 11.6. The van der Waals surface area contributed by atoms with Gasteiger partial charge < -0.3 is 14.5 Å². The van der Waals surface area contributed by atoms with Gasteiger partial charge in [0.2, 0.25) is 5.89 Å². The number of oxazole rings is 1. The Morgan fingerprint density at radius 3 is 2.84 bits per heavy atom. The minimum absolute atomic E-state index is 0.248. The third-order valence-electron chi connectivity index (χ3n) is 3.09. The number of unbranched alkanes of at least 4 members (excludes halogenated alkanes) is 1. The number of esters is 1. The summed E-state index contributed by atoms with van der Waals surface area (Å²) in [6.07, 6.45) is 4.19. The predicted octanol–water partition coefficient (Wildman–Crippen LogP) is 2.01. The summed E-state index contributed by atoms with van der Waals surface area (Å²) in [6.45, 7) is 1.90. The minimum Gasteiger partial charge on any atom is -0.452 e. The lowest BCUT2D eigenvalue weighted by Crippen LogP contribution is -2.41. The highest BCUT2D eigenvalue weighted by atomic mass is 16.5. The van der Waals surface area contributed by atoms with Crippen molar-refractivity contribution in [2.75, 3.05) is 13.2 Å². The average Bonchev–Trinajstić information content (AvgIpc) is 3.01. The molecule has 0 atom stereocenters. The minimum atomic E-state index is -0.746. The van der Waals surface area contributed by atoms with Crippen molar-refractivity contribution < 1.29 is 23.5 Å². The van der Waals surface area contributed by atoms with E-state index in [9.17, 15) is 14.4 Å². The maximum Gasteiger partial charge on any atom is 0.331 e. The molecule has 25 heavy (non-hydrogen) atoms. The van der Waals surface area contributed by atoms with Crippen LogP contribution < -0.4 is 10.6 Å². The van der Waals surface area contributed by atoms with E-state index in [4.69, 9.17) is 9.15 Å². The second kappa shape index (κ2) is 9.21. The van der Waals surface area contributed by atoms with Crippen molar-refractivity contribution >= 4 is 35.1 Å². The van der Waals surface area contributed by atoms with E-state index in [1.165, 1.54) is 6.08 Å². The van der Waals surface area contributed by atoms with E-state index in [2.05, 4.69) is 15.6 Å². The summed E-state index contributed by atoms with van der Waals surface area (Å²) in [5.41, 5.74) is 1.27. The zero-order valence-corrected chi connectivity index (χ0v) is 13.8. The molecule has 0 saturated carbocycles. The first kappa shape index (κ1) is 18.2. The van der Waals surface area contributed by atoms with E-state index in [1.54, 1.807) is 12.1 Å². The summed E-state index contributed by atoms with van der Waals surface area (Å²) in [6, 6.07) is 6.56. The highest BCUT2D eigenvalue weighted by Gasteiger charge is 2.09. The number of hydrogen-bond acceptors (Lipinski definition) is 6. The van der Waals surface area contributed by atoms with E-state index >= 15 is 0 Å². The van der Waals surface area contributed by atoms with Crippen molar-refractivity contribution in [3.05, 3.63) is 36.2 Å². The predicted molar refractivity (Wildman–Crippen MR) is 90.5 cm³/mol. The third-order valence-corrected chi connectivity index (χ3v) is 3.09. The number of fused-ring (bicyclic) bond motifs is 1. The topological polar surface area (TPSA) is 111 Å². The van der Waals surface area contributed by atoms with Crippen molar-refractivity contribution in [1.82, 2.24) is 15.6 Å². The van der Waals surface area contributed by atoms with Gasteiger partial charge in [-0.2, -0.15) is 0 Å². The van der Waals surface area contributed by atoms with E-state index in [0.717, 1.165) is 18.9 Å². The van der Waals surface area contributed by atoms with Crippen LogP contribution in [-0.2, 0) is 14.3 Å². The van der Waals surface area contributed by atoms with Crippen LogP contribution in [0.1, 0.15) is 25.7 Å². The number of ether oxygens (including phenoxy) is 1. The van der Waals surface area contributed by atoms with Crippen LogP contribution in [-0.4, -0.2) is 36.0 Å². The lowest BCUT2D eigenvalue weighted by atomic mass is 10.3.